The zero-order chi connectivity index (χ0) is 17.9. The fraction of sp³-hybridized carbons (Fsp3) is 0.0526. The normalized spacial score (nSPS) is 10.7. The number of benzene rings is 1. The van der Waals surface area contributed by atoms with Gasteiger partial charge in [0.15, 0.2) is 5.82 Å². The quantitative estimate of drug-likeness (QED) is 0.597. The maximum atomic E-state index is 12.6. The van der Waals surface area contributed by atoms with E-state index >= 15 is 0 Å². The molecule has 3 heterocycles. The van der Waals surface area contributed by atoms with Crippen LogP contribution in [0.3, 0.4) is 0 Å². The van der Waals surface area contributed by atoms with Crippen molar-refractivity contribution in [2.45, 2.75) is 6.92 Å². The molecule has 0 bridgehead atoms. The number of hydrogen-bond donors (Lipinski definition) is 1. The number of para-hydroxylation sites is 1. The summed E-state index contributed by atoms with van der Waals surface area (Å²) in [5, 5.41) is 9.15. The van der Waals surface area contributed by atoms with E-state index in [-0.39, 0.29) is 5.82 Å². The number of thiophene rings is 1. The lowest BCUT2D eigenvalue weighted by molar-refractivity contribution is 0.101. The topological polar surface area (TPSA) is 72.7 Å². The van der Waals surface area contributed by atoms with E-state index < -0.39 is 5.91 Å². The lowest BCUT2D eigenvalue weighted by Gasteiger charge is -2.03. The number of nitrogens with one attached hydrogen (secondary N) is 1. The Balaban J connectivity index is 1.72. The predicted octanol–water partition coefficient (Wildman–Crippen LogP) is 3.95. The Kier molecular flexibility index (Phi) is 4.28. The second-order valence-corrected chi connectivity index (χ2v) is 6.60. The standard InChI is InChI=1S/C19H15N5OS/c1-13-9-10-20-16(12-13)21-19(25)17-22-18(15-8-5-11-26-15)24(23-17)14-6-3-2-4-7-14/h2-12H,1H3,(H,20,21,25). The highest BCUT2D eigenvalue weighted by Gasteiger charge is 2.19. The Labute approximate surface area is 154 Å². The van der Waals surface area contributed by atoms with Crippen LogP contribution in [0.2, 0.25) is 0 Å². The van der Waals surface area contributed by atoms with Gasteiger partial charge in [0.05, 0.1) is 10.6 Å². The summed E-state index contributed by atoms with van der Waals surface area (Å²) in [6, 6.07) is 17.2. The van der Waals surface area contributed by atoms with E-state index in [4.69, 9.17) is 0 Å². The van der Waals surface area contributed by atoms with Gasteiger partial charge in [0.25, 0.3) is 5.91 Å². The van der Waals surface area contributed by atoms with Crippen LogP contribution in [-0.2, 0) is 0 Å². The van der Waals surface area contributed by atoms with E-state index in [1.165, 1.54) is 0 Å². The number of nitrogens with zero attached hydrogens (tertiary/aromatic N) is 4. The van der Waals surface area contributed by atoms with Crippen molar-refractivity contribution in [3.8, 4) is 16.4 Å². The lowest BCUT2D eigenvalue weighted by Crippen LogP contribution is -2.15. The third-order valence-corrected chi connectivity index (χ3v) is 4.58. The van der Waals surface area contributed by atoms with E-state index in [1.807, 2.05) is 60.8 Å². The number of aryl methyl sites for hydroxylation is 1. The van der Waals surface area contributed by atoms with E-state index in [9.17, 15) is 4.79 Å². The van der Waals surface area contributed by atoms with Gasteiger partial charge < -0.3 is 5.32 Å². The maximum Gasteiger partial charge on any atom is 0.296 e. The predicted molar refractivity (Wildman–Crippen MR) is 102 cm³/mol. The second kappa shape index (κ2) is 6.89. The molecule has 0 unspecified atom stereocenters. The zero-order valence-electron chi connectivity index (χ0n) is 14.0. The number of rotatable bonds is 4. The van der Waals surface area contributed by atoms with Crippen LogP contribution < -0.4 is 5.32 Å². The largest absolute Gasteiger partial charge is 0.304 e. The number of hydrogen-bond acceptors (Lipinski definition) is 5. The number of pyridine rings is 1. The first-order chi connectivity index (χ1) is 12.7. The summed E-state index contributed by atoms with van der Waals surface area (Å²) >= 11 is 1.55. The molecule has 4 rings (SSSR count). The zero-order valence-corrected chi connectivity index (χ0v) is 14.8. The summed E-state index contributed by atoms with van der Waals surface area (Å²) < 4.78 is 1.68. The molecule has 0 radical (unpaired) electrons. The highest BCUT2D eigenvalue weighted by atomic mass is 32.1. The van der Waals surface area contributed by atoms with Crippen molar-refractivity contribution in [2.24, 2.45) is 0 Å². The number of aromatic nitrogens is 4. The first-order valence-electron chi connectivity index (χ1n) is 8.01. The van der Waals surface area contributed by atoms with Gasteiger partial charge in [0.1, 0.15) is 5.82 Å². The van der Waals surface area contributed by atoms with Gasteiger partial charge in [-0.2, -0.15) is 0 Å². The van der Waals surface area contributed by atoms with Crippen molar-refractivity contribution < 1.29 is 4.79 Å². The van der Waals surface area contributed by atoms with Crippen LogP contribution in [0, 0.1) is 6.92 Å². The lowest BCUT2D eigenvalue weighted by atomic mass is 10.3. The minimum absolute atomic E-state index is 0.0977. The van der Waals surface area contributed by atoms with Crippen LogP contribution in [0.15, 0.2) is 66.2 Å². The van der Waals surface area contributed by atoms with Gasteiger partial charge in [0, 0.05) is 6.20 Å². The molecule has 0 saturated carbocycles. The van der Waals surface area contributed by atoms with Crippen LogP contribution in [0.1, 0.15) is 16.2 Å². The van der Waals surface area contributed by atoms with E-state index in [2.05, 4.69) is 20.4 Å². The molecule has 3 aromatic heterocycles. The van der Waals surface area contributed by atoms with E-state index in [0.717, 1.165) is 16.1 Å². The Morgan fingerprint density at radius 2 is 1.96 bits per heavy atom. The average Bonchev–Trinajstić information content (AvgIpc) is 3.32. The third kappa shape index (κ3) is 3.25. The van der Waals surface area contributed by atoms with Gasteiger partial charge in [-0.15, -0.1) is 16.4 Å². The molecular formula is C19H15N5OS. The molecule has 7 heteroatoms. The van der Waals surface area contributed by atoms with Crippen molar-refractivity contribution >= 4 is 23.1 Å². The summed E-state index contributed by atoms with van der Waals surface area (Å²) in [5.74, 6) is 0.813. The summed E-state index contributed by atoms with van der Waals surface area (Å²) in [7, 11) is 0. The van der Waals surface area contributed by atoms with Crippen molar-refractivity contribution in [1.82, 2.24) is 19.7 Å². The van der Waals surface area contributed by atoms with Crippen LogP contribution in [0.25, 0.3) is 16.4 Å². The molecule has 4 aromatic rings. The molecule has 128 valence electrons. The first kappa shape index (κ1) is 16.2. The van der Waals surface area contributed by atoms with E-state index in [1.54, 1.807) is 28.3 Å². The van der Waals surface area contributed by atoms with Crippen molar-refractivity contribution in [1.29, 1.82) is 0 Å². The monoisotopic (exact) mass is 361 g/mol. The molecule has 6 nitrogen and oxygen atoms in total. The molecule has 0 atom stereocenters. The summed E-state index contributed by atoms with van der Waals surface area (Å²) in [5.41, 5.74) is 1.86. The fourth-order valence-corrected chi connectivity index (χ4v) is 3.20. The molecule has 0 aliphatic carbocycles. The van der Waals surface area contributed by atoms with E-state index in [0.29, 0.717) is 11.6 Å². The van der Waals surface area contributed by atoms with Crippen molar-refractivity contribution in [2.75, 3.05) is 5.32 Å². The van der Waals surface area contributed by atoms with Crippen molar-refractivity contribution in [3.05, 3.63) is 77.6 Å². The molecule has 1 aromatic carbocycles. The van der Waals surface area contributed by atoms with Crippen molar-refractivity contribution in [3.63, 3.8) is 0 Å². The van der Waals surface area contributed by atoms with Crippen LogP contribution in [0.5, 0.6) is 0 Å². The first-order valence-corrected chi connectivity index (χ1v) is 8.89. The maximum absolute atomic E-state index is 12.6. The van der Waals surface area contributed by atoms with Gasteiger partial charge >= 0.3 is 0 Å². The Bertz CT molecular complexity index is 1040. The summed E-state index contributed by atoms with van der Waals surface area (Å²) in [6.45, 7) is 1.94. The van der Waals surface area contributed by atoms with Gasteiger partial charge in [-0.3, -0.25) is 4.79 Å². The smallest absolute Gasteiger partial charge is 0.296 e. The molecule has 0 aliphatic heterocycles. The highest BCUT2D eigenvalue weighted by Crippen LogP contribution is 2.25. The fourth-order valence-electron chi connectivity index (χ4n) is 2.50. The average molecular weight is 361 g/mol. The minimum atomic E-state index is -0.393. The molecule has 1 amide bonds. The number of carbonyl (C=O) groups excluding carboxylic acids is 1. The Morgan fingerprint density at radius 1 is 1.12 bits per heavy atom. The summed E-state index contributed by atoms with van der Waals surface area (Å²) in [6.07, 6.45) is 1.65. The second-order valence-electron chi connectivity index (χ2n) is 5.66. The van der Waals surface area contributed by atoms with Crippen LogP contribution >= 0.6 is 11.3 Å². The molecule has 0 spiro atoms. The van der Waals surface area contributed by atoms with Crippen LogP contribution in [-0.4, -0.2) is 25.7 Å². The van der Waals surface area contributed by atoms with Gasteiger partial charge in [-0.05, 0) is 48.2 Å². The molecule has 0 aliphatic rings. The van der Waals surface area contributed by atoms with Crippen LogP contribution in [0.4, 0.5) is 5.82 Å². The highest BCUT2D eigenvalue weighted by molar-refractivity contribution is 7.13. The number of amides is 1. The molecule has 0 fully saturated rings. The SMILES string of the molecule is Cc1ccnc(NC(=O)c2nc(-c3cccs3)n(-c3ccccc3)n2)c1. The van der Waals surface area contributed by atoms with Gasteiger partial charge in [-0.1, -0.05) is 24.3 Å². The molecule has 26 heavy (non-hydrogen) atoms. The number of carbonyl (C=O) groups is 1. The Morgan fingerprint density at radius 3 is 2.69 bits per heavy atom. The van der Waals surface area contributed by atoms with Gasteiger partial charge in [0.2, 0.25) is 5.82 Å². The number of anilines is 1. The third-order valence-electron chi connectivity index (χ3n) is 3.71. The minimum Gasteiger partial charge on any atom is -0.304 e. The molecule has 0 saturated heterocycles. The summed E-state index contributed by atoms with van der Waals surface area (Å²) in [4.78, 5) is 22.2. The molecular weight excluding hydrogens is 346 g/mol. The Hall–Kier alpha value is -3.32. The van der Waals surface area contributed by atoms with Gasteiger partial charge in [-0.25, -0.2) is 14.6 Å². The molecule has 1 N–H and O–H groups in total.